The molecule has 2 N–H and O–H groups in total. The molecule has 0 saturated carbocycles. The van der Waals surface area contributed by atoms with Crippen LogP contribution in [0.5, 0.6) is 0 Å². The van der Waals surface area contributed by atoms with Crippen molar-refractivity contribution in [2.24, 2.45) is 12.8 Å². The van der Waals surface area contributed by atoms with Crippen molar-refractivity contribution < 1.29 is 8.42 Å². The van der Waals surface area contributed by atoms with Gasteiger partial charge in [0, 0.05) is 31.4 Å². The molecule has 2 atom stereocenters. The molecule has 2 bridgehead atoms. The number of sulfonamides is 1. The van der Waals surface area contributed by atoms with E-state index in [0.29, 0.717) is 5.82 Å². The Bertz CT molecular complexity index is 561. The van der Waals surface area contributed by atoms with Crippen LogP contribution in [0, 0.1) is 6.92 Å². The van der Waals surface area contributed by atoms with Gasteiger partial charge >= 0.3 is 0 Å². The third-order valence-electron chi connectivity index (χ3n) is 4.33. The van der Waals surface area contributed by atoms with E-state index in [1.54, 1.807) is 22.0 Å². The van der Waals surface area contributed by atoms with E-state index in [4.69, 9.17) is 5.73 Å². The molecule has 0 aliphatic carbocycles. The molecule has 2 aliphatic rings. The van der Waals surface area contributed by atoms with E-state index >= 15 is 0 Å². The predicted octanol–water partition coefficient (Wildman–Crippen LogP) is 0.371. The number of aromatic nitrogens is 2. The van der Waals surface area contributed by atoms with Gasteiger partial charge in [-0.3, -0.25) is 0 Å². The van der Waals surface area contributed by atoms with Crippen molar-refractivity contribution in [3.8, 4) is 0 Å². The molecular formula is C12H20N4O2S. The largest absolute Gasteiger partial charge is 0.337 e. The summed E-state index contributed by atoms with van der Waals surface area (Å²) in [6.07, 6.45) is 4.97. The van der Waals surface area contributed by atoms with Crippen LogP contribution in [0.2, 0.25) is 0 Å². The quantitative estimate of drug-likeness (QED) is 0.851. The number of nitrogens with zero attached hydrogens (tertiary/aromatic N) is 3. The molecule has 7 heteroatoms. The highest BCUT2D eigenvalue weighted by Crippen LogP contribution is 2.38. The predicted molar refractivity (Wildman–Crippen MR) is 71.0 cm³/mol. The van der Waals surface area contributed by atoms with Crippen molar-refractivity contribution in [3.63, 3.8) is 0 Å². The molecule has 2 saturated heterocycles. The van der Waals surface area contributed by atoms with E-state index < -0.39 is 10.0 Å². The van der Waals surface area contributed by atoms with Crippen LogP contribution in [0.3, 0.4) is 0 Å². The summed E-state index contributed by atoms with van der Waals surface area (Å²) in [7, 11) is -1.67. The molecular weight excluding hydrogens is 264 g/mol. The highest BCUT2D eigenvalue weighted by Gasteiger charge is 2.47. The molecule has 2 aliphatic heterocycles. The van der Waals surface area contributed by atoms with E-state index in [0.717, 1.165) is 25.7 Å². The van der Waals surface area contributed by atoms with Gasteiger partial charge in [0.1, 0.15) is 5.82 Å². The lowest BCUT2D eigenvalue weighted by Gasteiger charge is -2.35. The van der Waals surface area contributed by atoms with Crippen LogP contribution in [-0.2, 0) is 17.1 Å². The van der Waals surface area contributed by atoms with Crippen LogP contribution < -0.4 is 5.73 Å². The Morgan fingerprint density at radius 2 is 1.89 bits per heavy atom. The zero-order valence-corrected chi connectivity index (χ0v) is 12.1. The van der Waals surface area contributed by atoms with Crippen LogP contribution in [0.1, 0.15) is 31.5 Å². The molecule has 3 rings (SSSR count). The maximum absolute atomic E-state index is 12.7. The molecule has 0 spiro atoms. The van der Waals surface area contributed by atoms with Crippen molar-refractivity contribution in [2.45, 2.75) is 55.8 Å². The Balaban J connectivity index is 1.97. The van der Waals surface area contributed by atoms with Gasteiger partial charge in [0.25, 0.3) is 10.0 Å². The summed E-state index contributed by atoms with van der Waals surface area (Å²) >= 11 is 0. The summed E-state index contributed by atoms with van der Waals surface area (Å²) in [6.45, 7) is 1.81. The van der Waals surface area contributed by atoms with Crippen LogP contribution in [0.4, 0.5) is 0 Å². The fourth-order valence-corrected chi connectivity index (χ4v) is 5.25. The number of imidazole rings is 1. The van der Waals surface area contributed by atoms with Crippen molar-refractivity contribution in [3.05, 3.63) is 12.0 Å². The topological polar surface area (TPSA) is 81.2 Å². The molecule has 2 fully saturated rings. The van der Waals surface area contributed by atoms with Crippen molar-refractivity contribution in [1.29, 1.82) is 0 Å². The van der Waals surface area contributed by atoms with Crippen molar-refractivity contribution >= 4 is 10.0 Å². The molecule has 1 aromatic heterocycles. The monoisotopic (exact) mass is 284 g/mol. The molecule has 0 radical (unpaired) electrons. The van der Waals surface area contributed by atoms with Gasteiger partial charge < -0.3 is 10.3 Å². The Morgan fingerprint density at radius 3 is 2.37 bits per heavy atom. The second-order valence-electron chi connectivity index (χ2n) is 5.69. The second kappa shape index (κ2) is 4.29. The number of rotatable bonds is 2. The summed E-state index contributed by atoms with van der Waals surface area (Å²) in [5, 5.41) is 0.167. The normalized spacial score (nSPS) is 31.8. The number of hydrogen-bond acceptors (Lipinski definition) is 4. The van der Waals surface area contributed by atoms with E-state index in [1.807, 2.05) is 7.05 Å². The Hall–Kier alpha value is -0.920. The van der Waals surface area contributed by atoms with E-state index in [2.05, 4.69) is 4.98 Å². The lowest BCUT2D eigenvalue weighted by Crippen LogP contribution is -2.50. The van der Waals surface area contributed by atoms with E-state index in [9.17, 15) is 8.42 Å². The molecule has 0 amide bonds. The first-order chi connectivity index (χ1) is 8.89. The summed E-state index contributed by atoms with van der Waals surface area (Å²) in [5.74, 6) is 0.708. The zero-order valence-electron chi connectivity index (χ0n) is 11.3. The van der Waals surface area contributed by atoms with Gasteiger partial charge in [-0.25, -0.2) is 13.4 Å². The molecule has 0 aromatic carbocycles. The summed E-state index contributed by atoms with van der Waals surface area (Å²) in [5.41, 5.74) is 5.99. The number of aryl methyl sites for hydroxylation is 2. The number of hydrogen-bond donors (Lipinski definition) is 1. The van der Waals surface area contributed by atoms with Crippen LogP contribution >= 0.6 is 0 Å². The minimum atomic E-state index is -3.48. The van der Waals surface area contributed by atoms with Crippen LogP contribution in [-0.4, -0.2) is 40.4 Å². The number of piperidine rings is 1. The maximum atomic E-state index is 12.7. The fourth-order valence-electron chi connectivity index (χ4n) is 3.33. The number of fused-ring (bicyclic) bond motifs is 2. The standard InChI is InChI=1S/C12H20N4O2S/c1-8-14-12(7-15(8)2)19(17,18)16-10-3-4-11(16)6-9(13)5-10/h7,9-11H,3-6,13H2,1-2H3. The molecule has 1 aromatic rings. The van der Waals surface area contributed by atoms with Crippen molar-refractivity contribution in [1.82, 2.24) is 13.9 Å². The van der Waals surface area contributed by atoms with Gasteiger partial charge in [0.2, 0.25) is 0 Å². The summed E-state index contributed by atoms with van der Waals surface area (Å²) < 4.78 is 28.9. The van der Waals surface area contributed by atoms with Crippen molar-refractivity contribution in [2.75, 3.05) is 0 Å². The second-order valence-corrected chi connectivity index (χ2v) is 7.48. The summed E-state index contributed by atoms with van der Waals surface area (Å²) in [6, 6.07) is 0.247. The first-order valence-corrected chi connectivity index (χ1v) is 8.12. The molecule has 2 unspecified atom stereocenters. The minimum absolute atomic E-state index is 0.0565. The lowest BCUT2D eigenvalue weighted by molar-refractivity contribution is 0.227. The summed E-state index contributed by atoms with van der Waals surface area (Å²) in [4.78, 5) is 4.17. The maximum Gasteiger partial charge on any atom is 0.262 e. The highest BCUT2D eigenvalue weighted by molar-refractivity contribution is 7.89. The van der Waals surface area contributed by atoms with Gasteiger partial charge in [0.15, 0.2) is 5.03 Å². The van der Waals surface area contributed by atoms with E-state index in [1.165, 1.54) is 0 Å². The highest BCUT2D eigenvalue weighted by atomic mass is 32.2. The van der Waals surface area contributed by atoms with Gasteiger partial charge in [-0.15, -0.1) is 0 Å². The zero-order chi connectivity index (χ0) is 13.8. The Morgan fingerprint density at radius 1 is 1.32 bits per heavy atom. The molecule has 106 valence electrons. The first kappa shape index (κ1) is 13.1. The third-order valence-corrected chi connectivity index (χ3v) is 6.21. The smallest absolute Gasteiger partial charge is 0.262 e. The average molecular weight is 284 g/mol. The van der Waals surface area contributed by atoms with Gasteiger partial charge in [-0.1, -0.05) is 0 Å². The molecule has 19 heavy (non-hydrogen) atoms. The van der Waals surface area contributed by atoms with Gasteiger partial charge in [-0.05, 0) is 32.6 Å². The van der Waals surface area contributed by atoms with Gasteiger partial charge in [0.05, 0.1) is 0 Å². The Kier molecular flexibility index (Phi) is 2.95. The first-order valence-electron chi connectivity index (χ1n) is 6.68. The average Bonchev–Trinajstić information content (AvgIpc) is 2.80. The van der Waals surface area contributed by atoms with Gasteiger partial charge in [-0.2, -0.15) is 4.31 Å². The SMILES string of the molecule is Cc1nc(S(=O)(=O)N2C3CCC2CC(N)C3)cn1C. The van der Waals surface area contributed by atoms with Crippen LogP contribution in [0.25, 0.3) is 0 Å². The number of nitrogens with two attached hydrogens (primary N) is 1. The third kappa shape index (κ3) is 2.00. The molecule has 6 nitrogen and oxygen atoms in total. The Labute approximate surface area is 113 Å². The van der Waals surface area contributed by atoms with E-state index in [-0.39, 0.29) is 23.2 Å². The van der Waals surface area contributed by atoms with Crippen LogP contribution in [0.15, 0.2) is 11.2 Å². The molecule has 3 heterocycles. The lowest BCUT2D eigenvalue weighted by atomic mass is 10.0. The minimum Gasteiger partial charge on any atom is -0.337 e. The fraction of sp³-hybridized carbons (Fsp3) is 0.750.